The first-order chi connectivity index (χ1) is 10.3. The number of carboxylic acid groups (broad SMARTS) is 1. The van der Waals surface area contributed by atoms with Crippen molar-refractivity contribution >= 4 is 11.9 Å². The molecular formula is C16H24NO5-. The van der Waals surface area contributed by atoms with Crippen LogP contribution in [0.15, 0.2) is 24.3 Å². The van der Waals surface area contributed by atoms with E-state index in [4.69, 9.17) is 25.1 Å². The number of hydrogen-bond donors (Lipinski definition) is 1. The molecule has 6 nitrogen and oxygen atoms in total. The Labute approximate surface area is 131 Å². The number of esters is 1. The quantitative estimate of drug-likeness (QED) is 0.775. The van der Waals surface area contributed by atoms with E-state index in [2.05, 4.69) is 0 Å². The molecular weight excluding hydrogens is 286 g/mol. The second-order valence-electron chi connectivity index (χ2n) is 4.85. The molecule has 1 unspecified atom stereocenters. The minimum absolute atomic E-state index is 0.365. The van der Waals surface area contributed by atoms with E-state index in [1.807, 2.05) is 31.2 Å². The van der Waals surface area contributed by atoms with E-state index in [0.29, 0.717) is 18.7 Å². The molecule has 1 rings (SSSR count). The van der Waals surface area contributed by atoms with Crippen LogP contribution < -0.4 is 15.6 Å². The Kier molecular flexibility index (Phi) is 8.86. The van der Waals surface area contributed by atoms with E-state index in [0.717, 1.165) is 18.9 Å². The molecule has 0 spiro atoms. The highest BCUT2D eigenvalue weighted by atomic mass is 16.6. The summed E-state index contributed by atoms with van der Waals surface area (Å²) in [6.45, 7) is 5.21. The number of nitrogens with two attached hydrogens (primary N) is 1. The topological polar surface area (TPSA) is 102 Å². The van der Waals surface area contributed by atoms with E-state index < -0.39 is 11.6 Å². The zero-order valence-corrected chi connectivity index (χ0v) is 13.5. The minimum Gasteiger partial charge on any atom is -0.550 e. The Morgan fingerprint density at radius 2 is 1.77 bits per heavy atom. The average Bonchev–Trinajstić information content (AvgIpc) is 2.48. The zero-order chi connectivity index (χ0) is 17.2. The number of ether oxygens (including phenoxy) is 2. The van der Waals surface area contributed by atoms with Crippen LogP contribution in [-0.2, 0) is 20.7 Å². The van der Waals surface area contributed by atoms with Crippen LogP contribution in [0.4, 0.5) is 0 Å². The molecule has 124 valence electrons. The third-order valence-electron chi connectivity index (χ3n) is 2.99. The predicted octanol–water partition coefficient (Wildman–Crippen LogP) is 0.665. The van der Waals surface area contributed by atoms with Gasteiger partial charge in [0, 0.05) is 5.97 Å². The Morgan fingerprint density at radius 3 is 2.14 bits per heavy atom. The van der Waals surface area contributed by atoms with Crippen molar-refractivity contribution < 1.29 is 24.2 Å². The first-order valence-corrected chi connectivity index (χ1v) is 7.03. The van der Waals surface area contributed by atoms with Crippen LogP contribution in [-0.4, -0.2) is 31.2 Å². The average molecular weight is 310 g/mol. The van der Waals surface area contributed by atoms with Gasteiger partial charge in [0.15, 0.2) is 0 Å². The van der Waals surface area contributed by atoms with Crippen molar-refractivity contribution in [3.8, 4) is 5.75 Å². The van der Waals surface area contributed by atoms with Gasteiger partial charge in [0.05, 0.1) is 7.11 Å². The Hall–Kier alpha value is -2.08. The summed E-state index contributed by atoms with van der Waals surface area (Å²) in [6, 6.07) is 7.61. The summed E-state index contributed by atoms with van der Waals surface area (Å²) in [5.41, 5.74) is 5.70. The molecule has 0 aromatic heterocycles. The molecule has 22 heavy (non-hydrogen) atoms. The number of carbonyl (C=O) groups is 2. The number of hydrogen-bond acceptors (Lipinski definition) is 6. The van der Waals surface area contributed by atoms with Gasteiger partial charge >= 0.3 is 5.97 Å². The van der Waals surface area contributed by atoms with Gasteiger partial charge < -0.3 is 25.1 Å². The van der Waals surface area contributed by atoms with Gasteiger partial charge in [-0.2, -0.15) is 0 Å². The van der Waals surface area contributed by atoms with E-state index >= 15 is 0 Å². The van der Waals surface area contributed by atoms with Gasteiger partial charge in [0.1, 0.15) is 5.75 Å². The summed E-state index contributed by atoms with van der Waals surface area (Å²) < 4.78 is 10.5. The van der Waals surface area contributed by atoms with Crippen LogP contribution >= 0.6 is 0 Å². The maximum atomic E-state index is 11.7. The van der Waals surface area contributed by atoms with Gasteiger partial charge in [-0.25, -0.2) is 4.79 Å². The van der Waals surface area contributed by atoms with Crippen LogP contribution in [0, 0.1) is 0 Å². The maximum Gasteiger partial charge on any atom is 0.349 e. The minimum atomic E-state index is -1.08. The van der Waals surface area contributed by atoms with E-state index in [9.17, 15) is 4.79 Å². The normalized spacial score (nSPS) is 12.4. The molecule has 0 aliphatic rings. The zero-order valence-electron chi connectivity index (χ0n) is 13.5. The van der Waals surface area contributed by atoms with Crippen LogP contribution in [0.25, 0.3) is 0 Å². The standard InChI is InChI=1S/C14H21NO3.C2H4O2/c1-4-14(2,13(16)17-3)18-12-7-5-11(6-8-12)9-10-15;1-2(3)4/h5-8H,4,9-10,15H2,1-3H3;1H3,(H,3,4)/p-1. The lowest BCUT2D eigenvalue weighted by Gasteiger charge is -2.26. The highest BCUT2D eigenvalue weighted by molar-refractivity contribution is 5.79. The fourth-order valence-electron chi connectivity index (χ4n) is 1.63. The molecule has 0 radical (unpaired) electrons. The van der Waals surface area contributed by atoms with Crippen LogP contribution in [0.2, 0.25) is 0 Å². The molecule has 0 bridgehead atoms. The van der Waals surface area contributed by atoms with Crippen LogP contribution in [0.1, 0.15) is 32.8 Å². The van der Waals surface area contributed by atoms with Crippen molar-refractivity contribution in [2.75, 3.05) is 13.7 Å². The van der Waals surface area contributed by atoms with E-state index in [1.165, 1.54) is 7.11 Å². The van der Waals surface area contributed by atoms with Crippen molar-refractivity contribution in [2.45, 2.75) is 39.2 Å². The summed E-state index contributed by atoms with van der Waals surface area (Å²) in [4.78, 5) is 20.6. The highest BCUT2D eigenvalue weighted by Crippen LogP contribution is 2.23. The molecule has 0 aliphatic carbocycles. The monoisotopic (exact) mass is 310 g/mol. The van der Waals surface area contributed by atoms with Crippen molar-refractivity contribution in [1.82, 2.24) is 0 Å². The van der Waals surface area contributed by atoms with Crippen LogP contribution in [0.5, 0.6) is 5.75 Å². The molecule has 0 saturated heterocycles. The van der Waals surface area contributed by atoms with Crippen molar-refractivity contribution in [2.24, 2.45) is 5.73 Å². The molecule has 0 heterocycles. The van der Waals surface area contributed by atoms with E-state index in [-0.39, 0.29) is 5.97 Å². The first kappa shape index (κ1) is 19.9. The molecule has 0 fully saturated rings. The molecule has 0 saturated carbocycles. The number of carbonyl (C=O) groups excluding carboxylic acids is 2. The molecule has 1 aromatic rings. The van der Waals surface area contributed by atoms with Gasteiger partial charge in [0.25, 0.3) is 0 Å². The molecule has 6 heteroatoms. The second kappa shape index (κ2) is 9.78. The highest BCUT2D eigenvalue weighted by Gasteiger charge is 2.34. The number of carboxylic acids is 1. The van der Waals surface area contributed by atoms with Crippen molar-refractivity contribution in [3.63, 3.8) is 0 Å². The summed E-state index contributed by atoms with van der Waals surface area (Å²) in [5.74, 6) is -0.790. The van der Waals surface area contributed by atoms with Gasteiger partial charge in [-0.15, -0.1) is 0 Å². The van der Waals surface area contributed by atoms with Gasteiger partial charge in [-0.3, -0.25) is 0 Å². The Balaban J connectivity index is 0.000000980. The summed E-state index contributed by atoms with van der Waals surface area (Å²) in [6.07, 6.45) is 1.38. The molecule has 1 atom stereocenters. The SMILES string of the molecule is CC(=O)[O-].CCC(C)(Oc1ccc(CCN)cc1)C(=O)OC. The van der Waals surface area contributed by atoms with Crippen molar-refractivity contribution in [1.29, 1.82) is 0 Å². The number of aliphatic carboxylic acids is 1. The van der Waals surface area contributed by atoms with Gasteiger partial charge in [-0.05, 0) is 50.9 Å². The second-order valence-corrected chi connectivity index (χ2v) is 4.85. The number of methoxy groups -OCH3 is 1. The van der Waals surface area contributed by atoms with Gasteiger partial charge in [0.2, 0.25) is 5.60 Å². The predicted molar refractivity (Wildman–Crippen MR) is 81.2 cm³/mol. The van der Waals surface area contributed by atoms with Crippen molar-refractivity contribution in [3.05, 3.63) is 29.8 Å². The molecule has 1 aromatic carbocycles. The molecule has 2 N–H and O–H groups in total. The smallest absolute Gasteiger partial charge is 0.349 e. The Morgan fingerprint density at radius 1 is 1.27 bits per heavy atom. The fraction of sp³-hybridized carbons (Fsp3) is 0.500. The summed E-state index contributed by atoms with van der Waals surface area (Å²) in [5, 5.41) is 8.89. The van der Waals surface area contributed by atoms with Gasteiger partial charge in [-0.1, -0.05) is 19.1 Å². The summed E-state index contributed by atoms with van der Waals surface area (Å²) >= 11 is 0. The third-order valence-corrected chi connectivity index (χ3v) is 2.99. The van der Waals surface area contributed by atoms with Crippen LogP contribution in [0.3, 0.4) is 0 Å². The number of rotatable bonds is 6. The largest absolute Gasteiger partial charge is 0.550 e. The third kappa shape index (κ3) is 7.08. The lowest BCUT2D eigenvalue weighted by atomic mass is 10.0. The number of benzene rings is 1. The lowest BCUT2D eigenvalue weighted by Crippen LogP contribution is -2.41. The summed E-state index contributed by atoms with van der Waals surface area (Å²) in [7, 11) is 1.37. The maximum absolute atomic E-state index is 11.7. The lowest BCUT2D eigenvalue weighted by molar-refractivity contribution is -0.302. The fourth-order valence-corrected chi connectivity index (χ4v) is 1.63. The first-order valence-electron chi connectivity index (χ1n) is 7.03. The molecule has 0 amide bonds. The molecule has 0 aliphatic heterocycles. The van der Waals surface area contributed by atoms with E-state index in [1.54, 1.807) is 6.92 Å². The Bertz CT molecular complexity index is 468.